The number of hydrogen-bond donors (Lipinski definition) is 1. The highest BCUT2D eigenvalue weighted by atomic mass is 32.2. The van der Waals surface area contributed by atoms with Gasteiger partial charge >= 0.3 is 0 Å². The molecule has 0 aromatic heterocycles. The highest BCUT2D eigenvalue weighted by Crippen LogP contribution is 2.24. The van der Waals surface area contributed by atoms with Crippen molar-refractivity contribution in [3.8, 4) is 0 Å². The van der Waals surface area contributed by atoms with E-state index in [2.05, 4.69) is 24.1 Å². The highest BCUT2D eigenvalue weighted by molar-refractivity contribution is 7.91. The normalized spacial score (nSPS) is 29.1. The molecule has 0 spiro atoms. The number of piperidine rings is 1. The van der Waals surface area contributed by atoms with Crippen molar-refractivity contribution in [2.45, 2.75) is 39.2 Å². The van der Waals surface area contributed by atoms with E-state index in [0.717, 1.165) is 38.5 Å². The molecule has 2 heterocycles. The molecule has 5 heteroatoms. The molecule has 2 aliphatic heterocycles. The van der Waals surface area contributed by atoms with Gasteiger partial charge in [-0.05, 0) is 57.3 Å². The van der Waals surface area contributed by atoms with Gasteiger partial charge in [-0.1, -0.05) is 13.8 Å². The number of hydrogen-bond acceptors (Lipinski definition) is 4. The van der Waals surface area contributed by atoms with Crippen LogP contribution in [0.4, 0.5) is 0 Å². The van der Waals surface area contributed by atoms with Crippen molar-refractivity contribution < 1.29 is 8.42 Å². The summed E-state index contributed by atoms with van der Waals surface area (Å²) in [5.74, 6) is 2.27. The summed E-state index contributed by atoms with van der Waals surface area (Å²) in [7, 11) is -2.74. The Morgan fingerprint density at radius 1 is 1.21 bits per heavy atom. The Morgan fingerprint density at radius 3 is 2.42 bits per heavy atom. The van der Waals surface area contributed by atoms with Gasteiger partial charge in [0, 0.05) is 6.04 Å². The van der Waals surface area contributed by atoms with Gasteiger partial charge in [-0.2, -0.15) is 0 Å². The number of rotatable bonds is 5. The van der Waals surface area contributed by atoms with E-state index in [0.29, 0.717) is 23.5 Å². The zero-order valence-electron chi connectivity index (χ0n) is 12.3. The first kappa shape index (κ1) is 15.3. The Labute approximate surface area is 117 Å². The largest absolute Gasteiger partial charge is 0.316 e. The lowest BCUT2D eigenvalue weighted by Crippen LogP contribution is -2.43. The van der Waals surface area contributed by atoms with Crippen LogP contribution >= 0.6 is 0 Å². The SMILES string of the molecule is CC(C)CNCC1CCN(C2CCS(=O)(=O)C2)CC1. The standard InChI is InChI=1S/C14H28N2O2S/c1-12(2)9-15-10-13-3-6-16(7-4-13)14-5-8-19(17,18)11-14/h12-15H,3-11H2,1-2H3. The van der Waals surface area contributed by atoms with Gasteiger partial charge in [0.05, 0.1) is 11.5 Å². The quantitative estimate of drug-likeness (QED) is 0.824. The van der Waals surface area contributed by atoms with Gasteiger partial charge in [-0.3, -0.25) is 4.90 Å². The van der Waals surface area contributed by atoms with Crippen molar-refractivity contribution in [1.82, 2.24) is 10.2 Å². The fourth-order valence-electron chi connectivity index (χ4n) is 3.16. The molecule has 0 radical (unpaired) electrons. The van der Waals surface area contributed by atoms with E-state index in [1.807, 2.05) is 0 Å². The predicted octanol–water partition coefficient (Wildman–Crippen LogP) is 1.13. The summed E-state index contributed by atoms with van der Waals surface area (Å²) in [5.41, 5.74) is 0. The Kier molecular flexibility index (Phi) is 5.26. The lowest BCUT2D eigenvalue weighted by molar-refractivity contribution is 0.142. The van der Waals surface area contributed by atoms with Gasteiger partial charge in [0.15, 0.2) is 9.84 Å². The molecule has 2 fully saturated rings. The van der Waals surface area contributed by atoms with Crippen LogP contribution < -0.4 is 5.32 Å². The zero-order valence-corrected chi connectivity index (χ0v) is 13.1. The number of likely N-dealkylation sites (tertiary alicyclic amines) is 1. The minimum atomic E-state index is -2.74. The number of nitrogens with one attached hydrogen (secondary N) is 1. The second kappa shape index (κ2) is 6.55. The van der Waals surface area contributed by atoms with Gasteiger partial charge in [0.1, 0.15) is 0 Å². The van der Waals surface area contributed by atoms with Gasteiger partial charge in [-0.25, -0.2) is 8.42 Å². The topological polar surface area (TPSA) is 49.4 Å². The molecule has 1 atom stereocenters. The molecule has 1 unspecified atom stereocenters. The second-order valence-electron chi connectivity index (χ2n) is 6.59. The fraction of sp³-hybridized carbons (Fsp3) is 1.00. The van der Waals surface area contributed by atoms with Gasteiger partial charge in [-0.15, -0.1) is 0 Å². The molecule has 2 aliphatic rings. The van der Waals surface area contributed by atoms with E-state index in [9.17, 15) is 8.42 Å². The predicted molar refractivity (Wildman–Crippen MR) is 79.1 cm³/mol. The second-order valence-corrected chi connectivity index (χ2v) is 8.82. The maximum absolute atomic E-state index is 11.5. The summed E-state index contributed by atoms with van der Waals surface area (Å²) in [6.07, 6.45) is 3.27. The monoisotopic (exact) mass is 288 g/mol. The average Bonchev–Trinajstić information content (AvgIpc) is 2.70. The van der Waals surface area contributed by atoms with Crippen molar-refractivity contribution >= 4 is 9.84 Å². The average molecular weight is 288 g/mol. The first-order valence-electron chi connectivity index (χ1n) is 7.61. The van der Waals surface area contributed by atoms with E-state index < -0.39 is 9.84 Å². The molecular weight excluding hydrogens is 260 g/mol. The molecule has 0 aliphatic carbocycles. The molecule has 2 saturated heterocycles. The van der Waals surface area contributed by atoms with Crippen molar-refractivity contribution in [3.05, 3.63) is 0 Å². The molecule has 0 saturated carbocycles. The van der Waals surface area contributed by atoms with Crippen LogP contribution in [0.15, 0.2) is 0 Å². The van der Waals surface area contributed by atoms with Crippen LogP contribution in [0.1, 0.15) is 33.1 Å². The van der Waals surface area contributed by atoms with Crippen molar-refractivity contribution in [2.24, 2.45) is 11.8 Å². The first-order chi connectivity index (χ1) is 8.96. The van der Waals surface area contributed by atoms with Crippen LogP contribution in [0, 0.1) is 11.8 Å². The minimum Gasteiger partial charge on any atom is -0.316 e. The van der Waals surface area contributed by atoms with Gasteiger partial charge < -0.3 is 5.32 Å². The lowest BCUT2D eigenvalue weighted by Gasteiger charge is -2.35. The summed E-state index contributed by atoms with van der Waals surface area (Å²) in [4.78, 5) is 2.41. The molecule has 0 bridgehead atoms. The third-order valence-electron chi connectivity index (χ3n) is 4.36. The van der Waals surface area contributed by atoms with Crippen molar-refractivity contribution in [2.75, 3.05) is 37.7 Å². The maximum atomic E-state index is 11.5. The smallest absolute Gasteiger partial charge is 0.151 e. The summed E-state index contributed by atoms with van der Waals surface area (Å²) in [5, 5.41) is 3.54. The summed E-state index contributed by atoms with van der Waals surface area (Å²) in [6, 6.07) is 0.301. The lowest BCUT2D eigenvalue weighted by atomic mass is 9.95. The Hall–Kier alpha value is -0.130. The van der Waals surface area contributed by atoms with Crippen molar-refractivity contribution in [1.29, 1.82) is 0 Å². The third kappa shape index (κ3) is 4.72. The van der Waals surface area contributed by atoms with Crippen LogP contribution in [0.25, 0.3) is 0 Å². The maximum Gasteiger partial charge on any atom is 0.151 e. The van der Waals surface area contributed by atoms with Crippen molar-refractivity contribution in [3.63, 3.8) is 0 Å². The Balaban J connectivity index is 1.68. The molecule has 4 nitrogen and oxygen atoms in total. The summed E-state index contributed by atoms with van der Waals surface area (Å²) in [6.45, 7) is 8.84. The Bertz CT molecular complexity index is 373. The van der Waals surface area contributed by atoms with E-state index in [4.69, 9.17) is 0 Å². The van der Waals surface area contributed by atoms with Crippen LogP contribution in [0.3, 0.4) is 0 Å². The van der Waals surface area contributed by atoms with Crippen LogP contribution in [0.2, 0.25) is 0 Å². The fourth-order valence-corrected chi connectivity index (χ4v) is 4.92. The van der Waals surface area contributed by atoms with E-state index >= 15 is 0 Å². The number of nitrogens with zero attached hydrogens (tertiary/aromatic N) is 1. The Morgan fingerprint density at radius 2 is 1.89 bits per heavy atom. The molecule has 2 rings (SSSR count). The summed E-state index contributed by atoms with van der Waals surface area (Å²) >= 11 is 0. The molecule has 112 valence electrons. The van der Waals surface area contributed by atoms with Crippen LogP contribution in [0.5, 0.6) is 0 Å². The number of sulfone groups is 1. The molecule has 0 aromatic carbocycles. The van der Waals surface area contributed by atoms with Gasteiger partial charge in [0.25, 0.3) is 0 Å². The molecule has 0 aromatic rings. The molecule has 19 heavy (non-hydrogen) atoms. The minimum absolute atomic E-state index is 0.301. The van der Waals surface area contributed by atoms with Crippen LogP contribution in [-0.2, 0) is 9.84 Å². The van der Waals surface area contributed by atoms with E-state index in [1.165, 1.54) is 12.8 Å². The highest BCUT2D eigenvalue weighted by Gasteiger charge is 2.33. The molecule has 1 N–H and O–H groups in total. The van der Waals surface area contributed by atoms with E-state index in [1.54, 1.807) is 0 Å². The molecular formula is C14H28N2O2S. The third-order valence-corrected chi connectivity index (χ3v) is 6.11. The summed E-state index contributed by atoms with van der Waals surface area (Å²) < 4.78 is 23.0. The molecule has 0 amide bonds. The van der Waals surface area contributed by atoms with E-state index in [-0.39, 0.29) is 0 Å². The van der Waals surface area contributed by atoms with Crippen LogP contribution in [-0.4, -0.2) is 57.0 Å². The first-order valence-corrected chi connectivity index (χ1v) is 9.43. The van der Waals surface area contributed by atoms with Gasteiger partial charge in [0.2, 0.25) is 0 Å². The zero-order chi connectivity index (χ0) is 13.9.